The first-order valence-corrected chi connectivity index (χ1v) is 7.42. The number of fused-ring (bicyclic) bond motifs is 1. The van der Waals surface area contributed by atoms with Crippen LogP contribution in [0.1, 0.15) is 11.1 Å². The fourth-order valence-corrected chi connectivity index (χ4v) is 2.54. The summed E-state index contributed by atoms with van der Waals surface area (Å²) in [5.74, 6) is 3.55. The molecule has 0 amide bonds. The number of hydrogen-bond acceptors (Lipinski definition) is 1. The predicted molar refractivity (Wildman–Crippen MR) is 92.1 cm³/mol. The predicted octanol–water partition coefficient (Wildman–Crippen LogP) is 4.77. The van der Waals surface area contributed by atoms with Gasteiger partial charge in [-0.3, -0.25) is 0 Å². The lowest BCUT2D eigenvalue weighted by Gasteiger charge is -2.14. The monoisotopic (exact) mass is 286 g/mol. The summed E-state index contributed by atoms with van der Waals surface area (Å²) in [6, 6.07) is 22.7. The van der Waals surface area contributed by atoms with E-state index in [1.54, 1.807) is 0 Å². The van der Waals surface area contributed by atoms with E-state index in [9.17, 15) is 0 Å². The van der Waals surface area contributed by atoms with Crippen molar-refractivity contribution in [3.05, 3.63) is 77.9 Å². The van der Waals surface area contributed by atoms with Crippen molar-refractivity contribution < 1.29 is 4.74 Å². The Morgan fingerprint density at radius 2 is 1.68 bits per heavy atom. The van der Waals surface area contributed by atoms with Crippen LogP contribution in [0.15, 0.2) is 66.7 Å². The molecule has 0 N–H and O–H groups in total. The minimum absolute atomic E-state index is 0.259. The largest absolute Gasteiger partial charge is 0.477 e. The molecule has 108 valence electrons. The van der Waals surface area contributed by atoms with Crippen LogP contribution >= 0.6 is 0 Å². The zero-order valence-electron chi connectivity index (χ0n) is 12.6. The van der Waals surface area contributed by atoms with Gasteiger partial charge in [0, 0.05) is 6.42 Å². The summed E-state index contributed by atoms with van der Waals surface area (Å²) in [6.07, 6.45) is 6.08. The molecule has 1 unspecified atom stereocenters. The van der Waals surface area contributed by atoms with Gasteiger partial charge < -0.3 is 4.74 Å². The minimum atomic E-state index is -0.259. The molecule has 0 heterocycles. The topological polar surface area (TPSA) is 9.23 Å². The van der Waals surface area contributed by atoms with Crippen molar-refractivity contribution in [1.29, 1.82) is 0 Å². The molecule has 0 radical (unpaired) electrons. The third-order valence-electron chi connectivity index (χ3n) is 3.70. The van der Waals surface area contributed by atoms with Crippen molar-refractivity contribution in [1.82, 2.24) is 0 Å². The highest BCUT2D eigenvalue weighted by Gasteiger charge is 2.08. The maximum absolute atomic E-state index is 5.97. The number of hydrogen-bond donors (Lipinski definition) is 0. The Kier molecular flexibility index (Phi) is 4.12. The van der Waals surface area contributed by atoms with Gasteiger partial charge >= 0.3 is 0 Å². The summed E-state index contributed by atoms with van der Waals surface area (Å²) >= 11 is 0. The second-order valence-corrected chi connectivity index (χ2v) is 5.48. The van der Waals surface area contributed by atoms with E-state index in [4.69, 9.17) is 11.2 Å². The van der Waals surface area contributed by atoms with Crippen molar-refractivity contribution in [3.8, 4) is 18.1 Å². The molecule has 3 rings (SSSR count). The van der Waals surface area contributed by atoms with E-state index < -0.39 is 0 Å². The minimum Gasteiger partial charge on any atom is -0.477 e. The van der Waals surface area contributed by atoms with Crippen LogP contribution in [0.3, 0.4) is 0 Å². The molecule has 1 atom stereocenters. The lowest BCUT2D eigenvalue weighted by atomic mass is 10.1. The first-order valence-electron chi connectivity index (χ1n) is 7.42. The van der Waals surface area contributed by atoms with Gasteiger partial charge in [-0.25, -0.2) is 0 Å². The molecule has 0 spiro atoms. The molecule has 1 nitrogen and oxygen atoms in total. The van der Waals surface area contributed by atoms with E-state index in [-0.39, 0.29) is 6.10 Å². The van der Waals surface area contributed by atoms with Gasteiger partial charge in [0.25, 0.3) is 0 Å². The van der Waals surface area contributed by atoms with Gasteiger partial charge in [0.15, 0.2) is 6.10 Å². The highest BCUT2D eigenvalue weighted by molar-refractivity contribution is 5.84. The third kappa shape index (κ3) is 3.30. The van der Waals surface area contributed by atoms with Crippen LogP contribution in [0.2, 0.25) is 0 Å². The molecule has 22 heavy (non-hydrogen) atoms. The Labute approximate surface area is 131 Å². The number of ether oxygens (including phenoxy) is 1. The van der Waals surface area contributed by atoms with Crippen molar-refractivity contribution in [2.75, 3.05) is 0 Å². The van der Waals surface area contributed by atoms with Gasteiger partial charge in [0.2, 0.25) is 0 Å². The molecule has 0 aliphatic carbocycles. The second-order valence-electron chi connectivity index (χ2n) is 5.48. The summed E-state index contributed by atoms with van der Waals surface area (Å²) in [4.78, 5) is 0. The van der Waals surface area contributed by atoms with Crippen LogP contribution in [0.4, 0.5) is 0 Å². The van der Waals surface area contributed by atoms with Crippen LogP contribution in [0, 0.1) is 19.3 Å². The zero-order valence-corrected chi connectivity index (χ0v) is 12.6. The van der Waals surface area contributed by atoms with E-state index in [0.717, 1.165) is 5.75 Å². The first kappa shape index (κ1) is 14.2. The molecule has 1 heteroatoms. The van der Waals surface area contributed by atoms with Gasteiger partial charge in [0.05, 0.1) is 0 Å². The lowest BCUT2D eigenvalue weighted by Crippen LogP contribution is -2.17. The quantitative estimate of drug-likeness (QED) is 0.628. The molecular weight excluding hydrogens is 268 g/mol. The molecule has 3 aromatic rings. The van der Waals surface area contributed by atoms with Gasteiger partial charge in [-0.1, -0.05) is 66.1 Å². The molecule has 0 saturated carbocycles. The fraction of sp³-hybridized carbons (Fsp3) is 0.143. The van der Waals surface area contributed by atoms with E-state index in [0.29, 0.717) is 6.42 Å². The van der Waals surface area contributed by atoms with Crippen LogP contribution in [-0.4, -0.2) is 6.10 Å². The Morgan fingerprint density at radius 3 is 2.45 bits per heavy atom. The van der Waals surface area contributed by atoms with Crippen molar-refractivity contribution >= 4 is 10.8 Å². The van der Waals surface area contributed by atoms with Crippen molar-refractivity contribution in [2.24, 2.45) is 0 Å². The smallest absolute Gasteiger partial charge is 0.162 e. The van der Waals surface area contributed by atoms with Crippen molar-refractivity contribution in [3.63, 3.8) is 0 Å². The van der Waals surface area contributed by atoms with E-state index in [1.165, 1.54) is 21.9 Å². The van der Waals surface area contributed by atoms with E-state index in [2.05, 4.69) is 49.2 Å². The van der Waals surface area contributed by atoms with Gasteiger partial charge in [-0.05, 0) is 35.4 Å². The second kappa shape index (κ2) is 6.37. The number of rotatable bonds is 4. The van der Waals surface area contributed by atoms with Crippen LogP contribution < -0.4 is 4.74 Å². The Balaban J connectivity index is 1.79. The number of aryl methyl sites for hydroxylation is 1. The summed E-state index contributed by atoms with van der Waals surface area (Å²) in [7, 11) is 0. The molecule has 0 aliphatic rings. The molecule has 0 bridgehead atoms. The first-order chi connectivity index (χ1) is 10.7. The average Bonchev–Trinajstić information content (AvgIpc) is 2.55. The Morgan fingerprint density at radius 1 is 0.955 bits per heavy atom. The van der Waals surface area contributed by atoms with Crippen molar-refractivity contribution in [2.45, 2.75) is 19.4 Å². The molecular formula is C21H18O. The summed E-state index contributed by atoms with van der Waals surface area (Å²) in [6.45, 7) is 2.10. The Hall–Kier alpha value is -2.72. The standard InChI is InChI=1S/C21H18O/c1-3-20(14-17-7-5-4-6-8-17)22-21-12-11-18-13-16(2)9-10-19(18)15-21/h1,4-13,15,20H,14H2,2H3. The van der Waals surface area contributed by atoms with Gasteiger partial charge in [0.1, 0.15) is 5.75 Å². The van der Waals surface area contributed by atoms with Gasteiger partial charge in [-0.2, -0.15) is 0 Å². The lowest BCUT2D eigenvalue weighted by molar-refractivity contribution is 0.259. The molecule has 0 fully saturated rings. The summed E-state index contributed by atoms with van der Waals surface area (Å²) in [5, 5.41) is 2.38. The highest BCUT2D eigenvalue weighted by atomic mass is 16.5. The van der Waals surface area contributed by atoms with E-state index in [1.807, 2.05) is 30.3 Å². The maximum atomic E-state index is 5.97. The number of terminal acetylenes is 1. The van der Waals surface area contributed by atoms with Crippen LogP contribution in [0.5, 0.6) is 5.75 Å². The van der Waals surface area contributed by atoms with Crippen LogP contribution in [-0.2, 0) is 6.42 Å². The van der Waals surface area contributed by atoms with Crippen LogP contribution in [0.25, 0.3) is 10.8 Å². The van der Waals surface area contributed by atoms with E-state index >= 15 is 0 Å². The normalized spacial score (nSPS) is 11.8. The highest BCUT2D eigenvalue weighted by Crippen LogP contribution is 2.23. The fourth-order valence-electron chi connectivity index (χ4n) is 2.54. The molecule has 0 aromatic heterocycles. The SMILES string of the molecule is C#CC(Cc1ccccc1)Oc1ccc2cc(C)ccc2c1. The molecule has 0 saturated heterocycles. The van der Waals surface area contributed by atoms with Gasteiger partial charge in [-0.15, -0.1) is 6.42 Å². The third-order valence-corrected chi connectivity index (χ3v) is 3.70. The average molecular weight is 286 g/mol. The molecule has 3 aromatic carbocycles. The summed E-state index contributed by atoms with van der Waals surface area (Å²) < 4.78 is 5.97. The maximum Gasteiger partial charge on any atom is 0.162 e. The Bertz CT molecular complexity index is 812. The zero-order chi connectivity index (χ0) is 15.4. The summed E-state index contributed by atoms with van der Waals surface area (Å²) in [5.41, 5.74) is 2.44. The molecule has 0 aliphatic heterocycles. The number of benzene rings is 3.